The zero-order valence-electron chi connectivity index (χ0n) is 27.3. The van der Waals surface area contributed by atoms with Crippen LogP contribution in [-0.4, -0.2) is 30.6 Å². The molecule has 1 atom stereocenters. The molecule has 3 aromatic carbocycles. The molecule has 0 saturated carbocycles. The number of carbonyl (C=O) groups excluding carboxylic acids is 1. The molecule has 7 nitrogen and oxygen atoms in total. The highest BCUT2D eigenvalue weighted by Gasteiger charge is 2.28. The molecule has 1 amide bonds. The molecular weight excluding hydrogens is 627 g/mol. The molecule has 0 aliphatic rings. The maximum atomic E-state index is 14.3. The number of rotatable bonds is 8. The van der Waals surface area contributed by atoms with Crippen molar-refractivity contribution in [2.45, 2.75) is 47.6 Å². The van der Waals surface area contributed by atoms with Gasteiger partial charge in [0, 0.05) is 43.3 Å². The summed E-state index contributed by atoms with van der Waals surface area (Å²) in [4.78, 5) is 22.6. The van der Waals surface area contributed by atoms with E-state index in [1.165, 1.54) is 0 Å². The van der Waals surface area contributed by atoms with E-state index in [9.17, 15) is 4.79 Å². The van der Waals surface area contributed by atoms with E-state index in [2.05, 4.69) is 32.0 Å². The topological polar surface area (TPSA) is 91.4 Å². The molecule has 0 fully saturated rings. The SMILES string of the molecule is C/C=C\C(=C/C)c1c(NC(=O)c2[nH]c3cc(Cl)ccc3c2-c2c(-c3ccccc3)ncn2C(C)c2ccc(Cl)cc2)n[nH]c1C.CC. The van der Waals surface area contributed by atoms with E-state index < -0.39 is 0 Å². The minimum absolute atomic E-state index is 0.130. The van der Waals surface area contributed by atoms with Crippen LogP contribution in [0.25, 0.3) is 39.0 Å². The Morgan fingerprint density at radius 3 is 2.36 bits per heavy atom. The zero-order chi connectivity index (χ0) is 33.7. The highest BCUT2D eigenvalue weighted by Crippen LogP contribution is 2.41. The molecular formula is C38H38Cl2N6O. The molecule has 6 rings (SSSR count). The van der Waals surface area contributed by atoms with Gasteiger partial charge in [0.2, 0.25) is 0 Å². The quantitative estimate of drug-likeness (QED) is 0.141. The summed E-state index contributed by atoms with van der Waals surface area (Å²) in [5.74, 6) is 0.101. The normalized spacial score (nSPS) is 12.3. The summed E-state index contributed by atoms with van der Waals surface area (Å²) < 4.78 is 2.10. The lowest BCUT2D eigenvalue weighted by Crippen LogP contribution is -2.16. The predicted octanol–water partition coefficient (Wildman–Crippen LogP) is 10.9. The van der Waals surface area contributed by atoms with E-state index in [0.717, 1.165) is 50.2 Å². The molecule has 3 aromatic heterocycles. The number of aryl methyl sites for hydroxylation is 1. The molecule has 3 N–H and O–H groups in total. The molecule has 0 bridgehead atoms. The van der Waals surface area contributed by atoms with E-state index in [0.29, 0.717) is 27.1 Å². The van der Waals surface area contributed by atoms with Crippen molar-refractivity contribution in [3.05, 3.63) is 130 Å². The smallest absolute Gasteiger partial charge is 0.274 e. The molecule has 9 heteroatoms. The first kappa shape index (κ1) is 33.5. The van der Waals surface area contributed by atoms with Gasteiger partial charge in [0.15, 0.2) is 5.82 Å². The van der Waals surface area contributed by atoms with Gasteiger partial charge >= 0.3 is 0 Å². The summed E-state index contributed by atoms with van der Waals surface area (Å²) in [5, 5.41) is 12.6. The summed E-state index contributed by atoms with van der Waals surface area (Å²) in [6.45, 7) is 12.0. The fourth-order valence-electron chi connectivity index (χ4n) is 5.74. The summed E-state index contributed by atoms with van der Waals surface area (Å²) in [6.07, 6.45) is 7.78. The van der Waals surface area contributed by atoms with Gasteiger partial charge in [-0.1, -0.05) is 104 Å². The minimum Gasteiger partial charge on any atom is -0.350 e. The number of hydrogen-bond acceptors (Lipinski definition) is 3. The molecule has 1 unspecified atom stereocenters. The number of carbonyl (C=O) groups is 1. The minimum atomic E-state index is -0.341. The number of halogens is 2. The fraction of sp³-hybridized carbons (Fsp3) is 0.184. The number of benzene rings is 3. The van der Waals surface area contributed by atoms with Gasteiger partial charge in [0.05, 0.1) is 23.8 Å². The summed E-state index contributed by atoms with van der Waals surface area (Å²) in [5.41, 5.74) is 7.96. The molecule has 240 valence electrons. The van der Waals surface area contributed by atoms with E-state index >= 15 is 0 Å². The van der Waals surface area contributed by atoms with E-state index in [4.69, 9.17) is 28.2 Å². The number of imidazole rings is 1. The predicted molar refractivity (Wildman–Crippen MR) is 196 cm³/mol. The Kier molecular flexibility index (Phi) is 10.5. The largest absolute Gasteiger partial charge is 0.350 e. The van der Waals surface area contributed by atoms with Gasteiger partial charge in [0.25, 0.3) is 5.91 Å². The van der Waals surface area contributed by atoms with Crippen LogP contribution in [0.1, 0.15) is 68.0 Å². The van der Waals surface area contributed by atoms with Crippen molar-refractivity contribution in [1.82, 2.24) is 24.7 Å². The molecule has 0 aliphatic carbocycles. The Hall–Kier alpha value is -4.85. The number of aromatic amines is 2. The molecule has 47 heavy (non-hydrogen) atoms. The molecule has 0 saturated heterocycles. The molecule has 6 aromatic rings. The highest BCUT2D eigenvalue weighted by atomic mass is 35.5. The van der Waals surface area contributed by atoms with Crippen LogP contribution in [0.4, 0.5) is 5.82 Å². The fourth-order valence-corrected chi connectivity index (χ4v) is 6.04. The van der Waals surface area contributed by atoms with Crippen LogP contribution in [0.2, 0.25) is 10.0 Å². The van der Waals surface area contributed by atoms with Crippen LogP contribution < -0.4 is 5.32 Å². The van der Waals surface area contributed by atoms with Gasteiger partial charge in [-0.2, -0.15) is 5.10 Å². The second kappa shape index (κ2) is 14.7. The summed E-state index contributed by atoms with van der Waals surface area (Å²) in [6, 6.07) is 23.2. The lowest BCUT2D eigenvalue weighted by atomic mass is 9.99. The van der Waals surface area contributed by atoms with Crippen molar-refractivity contribution in [2.24, 2.45) is 0 Å². The number of allylic oxidation sites excluding steroid dienone is 4. The zero-order valence-corrected chi connectivity index (χ0v) is 28.8. The van der Waals surface area contributed by atoms with Crippen molar-refractivity contribution in [3.8, 4) is 22.5 Å². The second-order valence-electron chi connectivity index (χ2n) is 10.8. The number of H-pyrrole nitrogens is 2. The Balaban J connectivity index is 0.00000213. The third kappa shape index (κ3) is 6.68. The average Bonchev–Trinajstić information content (AvgIpc) is 3.79. The van der Waals surface area contributed by atoms with Crippen LogP contribution >= 0.6 is 23.2 Å². The van der Waals surface area contributed by atoms with Gasteiger partial charge in [-0.3, -0.25) is 9.89 Å². The van der Waals surface area contributed by atoms with Crippen LogP contribution in [0.5, 0.6) is 0 Å². The van der Waals surface area contributed by atoms with Crippen molar-refractivity contribution < 1.29 is 4.79 Å². The standard InChI is InChI=1S/C36H32Cl2N6O.C2H6/c1-5-10-23(6-2)30-21(3)42-43-35(30)41-36(45)33-31(28-18-17-27(38)19-29(28)40-33)34-32(25-11-8-7-9-12-25)39-20-44(34)22(4)24-13-15-26(37)16-14-24;1-2/h5-20,22,40H,1-4H3,(H2,41,42,43,45);1-2H3/b10-5-,23-6+;. The van der Waals surface area contributed by atoms with E-state index in [1.807, 2.05) is 132 Å². The molecule has 0 aliphatic heterocycles. The number of amides is 1. The van der Waals surface area contributed by atoms with Crippen LogP contribution in [-0.2, 0) is 0 Å². The van der Waals surface area contributed by atoms with E-state index in [1.54, 1.807) is 0 Å². The number of anilines is 1. The van der Waals surface area contributed by atoms with Crippen LogP contribution in [0.3, 0.4) is 0 Å². The highest BCUT2D eigenvalue weighted by molar-refractivity contribution is 6.31. The lowest BCUT2D eigenvalue weighted by Gasteiger charge is -2.19. The van der Waals surface area contributed by atoms with Crippen molar-refractivity contribution in [3.63, 3.8) is 0 Å². The first-order chi connectivity index (χ1) is 22.8. The van der Waals surface area contributed by atoms with Gasteiger partial charge in [0.1, 0.15) is 5.69 Å². The average molecular weight is 666 g/mol. The second-order valence-corrected chi connectivity index (χ2v) is 11.7. The van der Waals surface area contributed by atoms with Gasteiger partial charge in [-0.25, -0.2) is 4.98 Å². The number of nitrogens with one attached hydrogen (secondary N) is 3. The lowest BCUT2D eigenvalue weighted by molar-refractivity contribution is 0.102. The first-order valence-electron chi connectivity index (χ1n) is 15.7. The number of fused-ring (bicyclic) bond motifs is 1. The maximum Gasteiger partial charge on any atom is 0.274 e. The summed E-state index contributed by atoms with van der Waals surface area (Å²) >= 11 is 12.7. The molecule has 0 radical (unpaired) electrons. The Morgan fingerprint density at radius 1 is 0.979 bits per heavy atom. The van der Waals surface area contributed by atoms with Crippen LogP contribution in [0, 0.1) is 6.92 Å². The summed E-state index contributed by atoms with van der Waals surface area (Å²) in [7, 11) is 0. The third-order valence-electron chi connectivity index (χ3n) is 7.96. The van der Waals surface area contributed by atoms with Crippen molar-refractivity contribution in [2.75, 3.05) is 5.32 Å². The van der Waals surface area contributed by atoms with Crippen LogP contribution in [0.15, 0.2) is 97.4 Å². The third-order valence-corrected chi connectivity index (χ3v) is 8.45. The number of hydrogen-bond donors (Lipinski definition) is 3. The first-order valence-corrected chi connectivity index (χ1v) is 16.4. The number of nitrogens with zero attached hydrogens (tertiary/aromatic N) is 3. The Bertz CT molecular complexity index is 2070. The molecule has 3 heterocycles. The Labute approximate surface area is 285 Å². The monoisotopic (exact) mass is 664 g/mol. The van der Waals surface area contributed by atoms with E-state index in [-0.39, 0.29) is 11.9 Å². The van der Waals surface area contributed by atoms with Crippen molar-refractivity contribution in [1.29, 1.82) is 0 Å². The molecule has 0 spiro atoms. The van der Waals surface area contributed by atoms with Gasteiger partial charge < -0.3 is 14.9 Å². The Morgan fingerprint density at radius 2 is 1.68 bits per heavy atom. The van der Waals surface area contributed by atoms with Gasteiger partial charge in [-0.05, 0) is 63.1 Å². The van der Waals surface area contributed by atoms with Crippen molar-refractivity contribution >= 4 is 51.4 Å². The number of aromatic nitrogens is 5. The van der Waals surface area contributed by atoms with Gasteiger partial charge in [-0.15, -0.1) is 0 Å². The maximum absolute atomic E-state index is 14.3.